The maximum absolute atomic E-state index is 12.3. The van der Waals surface area contributed by atoms with Crippen molar-refractivity contribution >= 4 is 23.5 Å². The fraction of sp³-hybridized carbons (Fsp3) is 0.192. The molecule has 182 valence electrons. The van der Waals surface area contributed by atoms with Gasteiger partial charge in [-0.15, -0.1) is 0 Å². The van der Waals surface area contributed by atoms with Crippen LogP contribution in [0.4, 0.5) is 5.69 Å². The van der Waals surface area contributed by atoms with Crippen LogP contribution in [0.2, 0.25) is 0 Å². The highest BCUT2D eigenvalue weighted by Gasteiger charge is 2.26. The number of methoxy groups -OCH3 is 1. The van der Waals surface area contributed by atoms with E-state index in [2.05, 4.69) is 15.4 Å². The van der Waals surface area contributed by atoms with Crippen molar-refractivity contribution in [3.05, 3.63) is 90.0 Å². The summed E-state index contributed by atoms with van der Waals surface area (Å²) in [5, 5.41) is 25.3. The minimum absolute atomic E-state index is 0.146. The fourth-order valence-electron chi connectivity index (χ4n) is 3.07. The van der Waals surface area contributed by atoms with Crippen LogP contribution in [0.25, 0.3) is 0 Å². The summed E-state index contributed by atoms with van der Waals surface area (Å²) in [6.45, 7) is 0.146. The first kappa shape index (κ1) is 25.4. The molecule has 0 radical (unpaired) electrons. The molecule has 2 atom stereocenters. The van der Waals surface area contributed by atoms with Crippen molar-refractivity contribution in [1.82, 2.24) is 5.32 Å². The van der Waals surface area contributed by atoms with Crippen molar-refractivity contribution in [2.45, 2.75) is 25.2 Å². The smallest absolute Gasteiger partial charge is 0.337 e. The van der Waals surface area contributed by atoms with Crippen LogP contribution >= 0.6 is 0 Å². The summed E-state index contributed by atoms with van der Waals surface area (Å²) in [6, 6.07) is 22.1. The third-order valence-electron chi connectivity index (χ3n) is 4.99. The van der Waals surface area contributed by atoms with Crippen molar-refractivity contribution in [3.8, 4) is 11.5 Å². The molecule has 0 fully saturated rings. The van der Waals surface area contributed by atoms with Gasteiger partial charge in [-0.05, 0) is 54.1 Å². The Morgan fingerprint density at radius 2 is 1.49 bits per heavy atom. The number of aliphatic hydroxyl groups excluding tert-OH is 2. The number of esters is 1. The summed E-state index contributed by atoms with van der Waals surface area (Å²) >= 11 is 0. The molecule has 0 aliphatic rings. The Kier molecular flexibility index (Phi) is 8.94. The molecule has 3 aromatic rings. The molecule has 9 heteroatoms. The fourth-order valence-corrected chi connectivity index (χ4v) is 3.07. The number of hydrogen-bond donors (Lipinski definition) is 4. The average Bonchev–Trinajstić information content (AvgIpc) is 2.88. The lowest BCUT2D eigenvalue weighted by Crippen LogP contribution is -2.41. The molecule has 0 aliphatic heterocycles. The molecule has 4 N–H and O–H groups in total. The van der Waals surface area contributed by atoms with Gasteiger partial charge in [0.15, 0.2) is 6.10 Å². The maximum atomic E-state index is 12.3. The zero-order valence-corrected chi connectivity index (χ0v) is 19.0. The van der Waals surface area contributed by atoms with Crippen LogP contribution in [0.5, 0.6) is 11.5 Å². The maximum Gasteiger partial charge on any atom is 0.337 e. The first-order valence-electron chi connectivity index (χ1n) is 10.8. The van der Waals surface area contributed by atoms with E-state index in [9.17, 15) is 24.6 Å². The van der Waals surface area contributed by atoms with E-state index >= 15 is 0 Å². The Balaban J connectivity index is 1.44. The lowest BCUT2D eigenvalue weighted by Gasteiger charge is -2.17. The van der Waals surface area contributed by atoms with Gasteiger partial charge in [-0.3, -0.25) is 9.59 Å². The van der Waals surface area contributed by atoms with Gasteiger partial charge in [0.2, 0.25) is 5.91 Å². The van der Waals surface area contributed by atoms with Gasteiger partial charge in [-0.2, -0.15) is 0 Å². The highest BCUT2D eigenvalue weighted by molar-refractivity contribution is 5.95. The van der Waals surface area contributed by atoms with E-state index < -0.39 is 36.4 Å². The first-order valence-corrected chi connectivity index (χ1v) is 10.8. The molecule has 0 heterocycles. The Morgan fingerprint density at radius 3 is 2.11 bits per heavy atom. The zero-order valence-electron chi connectivity index (χ0n) is 19.0. The number of aliphatic hydroxyl groups is 2. The molecule has 3 rings (SSSR count). The lowest BCUT2D eigenvalue weighted by atomic mass is 10.1. The van der Waals surface area contributed by atoms with Gasteiger partial charge in [-0.25, -0.2) is 4.79 Å². The minimum Gasteiger partial charge on any atom is -0.465 e. The van der Waals surface area contributed by atoms with Gasteiger partial charge in [0.25, 0.3) is 5.91 Å². The molecule has 0 unspecified atom stereocenters. The van der Waals surface area contributed by atoms with Gasteiger partial charge < -0.3 is 30.3 Å². The number of rotatable bonds is 10. The number of hydrogen-bond acceptors (Lipinski definition) is 7. The van der Waals surface area contributed by atoms with Crippen molar-refractivity contribution in [2.24, 2.45) is 0 Å². The molecule has 35 heavy (non-hydrogen) atoms. The molecule has 2 amide bonds. The van der Waals surface area contributed by atoms with Gasteiger partial charge in [-0.1, -0.05) is 30.3 Å². The van der Waals surface area contributed by atoms with Crippen molar-refractivity contribution < 1.29 is 34.1 Å². The van der Waals surface area contributed by atoms with E-state index in [0.29, 0.717) is 22.7 Å². The van der Waals surface area contributed by atoms with Crippen molar-refractivity contribution in [1.29, 1.82) is 0 Å². The molecule has 0 bridgehead atoms. The second kappa shape index (κ2) is 12.3. The number of benzene rings is 3. The van der Waals surface area contributed by atoms with Crippen molar-refractivity contribution in [2.75, 3.05) is 12.4 Å². The standard InChI is InChI=1S/C26H26N2O7/c1-34-26(33)18-9-7-17(8-10-18)16-27-23(30)15-22(29)24(31)25(32)28-19-11-13-21(14-12-19)35-20-5-3-2-4-6-20/h2-14,22,24,29,31H,15-16H2,1H3,(H,27,30)(H,28,32)/t22-,24+/m0/s1. The zero-order chi connectivity index (χ0) is 25.2. The summed E-state index contributed by atoms with van der Waals surface area (Å²) in [5.41, 5.74) is 1.49. The second-order valence-electron chi connectivity index (χ2n) is 7.61. The normalized spacial score (nSPS) is 12.2. The van der Waals surface area contributed by atoms with E-state index in [-0.39, 0.29) is 6.54 Å². The molecule has 9 nitrogen and oxygen atoms in total. The first-order chi connectivity index (χ1) is 16.9. The van der Waals surface area contributed by atoms with Crippen molar-refractivity contribution in [3.63, 3.8) is 0 Å². The number of ether oxygens (including phenoxy) is 2. The van der Waals surface area contributed by atoms with Crippen LogP contribution in [-0.2, 0) is 20.9 Å². The molecule has 3 aromatic carbocycles. The third-order valence-corrected chi connectivity index (χ3v) is 4.99. The summed E-state index contributed by atoms with van der Waals surface area (Å²) in [4.78, 5) is 35.8. The second-order valence-corrected chi connectivity index (χ2v) is 7.61. The van der Waals surface area contributed by atoms with Crippen LogP contribution in [0.15, 0.2) is 78.9 Å². The van der Waals surface area contributed by atoms with E-state index in [0.717, 1.165) is 5.56 Å². The Morgan fingerprint density at radius 1 is 0.857 bits per heavy atom. The molecule has 0 spiro atoms. The van der Waals surface area contributed by atoms with E-state index in [1.54, 1.807) is 48.5 Å². The molecule has 0 saturated carbocycles. The van der Waals surface area contributed by atoms with Crippen LogP contribution in [0, 0.1) is 0 Å². The van der Waals surface area contributed by atoms with E-state index in [4.69, 9.17) is 4.74 Å². The van der Waals surface area contributed by atoms with Gasteiger partial charge in [0.1, 0.15) is 11.5 Å². The number of anilines is 1. The number of amides is 2. The van der Waals surface area contributed by atoms with Gasteiger partial charge in [0.05, 0.1) is 25.2 Å². The molecule has 0 saturated heterocycles. The summed E-state index contributed by atoms with van der Waals surface area (Å²) in [6.07, 6.45) is -3.88. The SMILES string of the molecule is COC(=O)c1ccc(CNC(=O)C[C@H](O)[C@@H](O)C(=O)Nc2ccc(Oc3ccccc3)cc2)cc1. The minimum atomic E-state index is -1.81. The number of para-hydroxylation sites is 1. The number of nitrogens with one attached hydrogen (secondary N) is 2. The quantitative estimate of drug-likeness (QED) is 0.329. The monoisotopic (exact) mass is 478 g/mol. The summed E-state index contributed by atoms with van der Waals surface area (Å²) in [5.74, 6) is -0.637. The largest absolute Gasteiger partial charge is 0.465 e. The predicted molar refractivity (Wildman–Crippen MR) is 128 cm³/mol. The number of carbonyl (C=O) groups is 3. The lowest BCUT2D eigenvalue weighted by molar-refractivity contribution is -0.133. The molecular formula is C26H26N2O7. The summed E-state index contributed by atoms with van der Waals surface area (Å²) < 4.78 is 10.3. The molecule has 0 aliphatic carbocycles. The average molecular weight is 479 g/mol. The summed E-state index contributed by atoms with van der Waals surface area (Å²) in [7, 11) is 1.29. The third kappa shape index (κ3) is 7.66. The van der Waals surface area contributed by atoms with Gasteiger partial charge in [0, 0.05) is 12.2 Å². The van der Waals surface area contributed by atoms with E-state index in [1.807, 2.05) is 30.3 Å². The highest BCUT2D eigenvalue weighted by Crippen LogP contribution is 2.22. The predicted octanol–water partition coefficient (Wildman–Crippen LogP) is 2.63. The molecule has 0 aromatic heterocycles. The van der Waals surface area contributed by atoms with Crippen LogP contribution in [-0.4, -0.2) is 47.3 Å². The van der Waals surface area contributed by atoms with Crippen LogP contribution in [0.1, 0.15) is 22.3 Å². The number of carbonyl (C=O) groups excluding carboxylic acids is 3. The Labute approximate surface area is 202 Å². The topological polar surface area (TPSA) is 134 Å². The van der Waals surface area contributed by atoms with Gasteiger partial charge >= 0.3 is 5.97 Å². The van der Waals surface area contributed by atoms with Crippen LogP contribution < -0.4 is 15.4 Å². The Hall–Kier alpha value is -4.21. The van der Waals surface area contributed by atoms with E-state index in [1.165, 1.54) is 7.11 Å². The highest BCUT2D eigenvalue weighted by atomic mass is 16.5. The molecular weight excluding hydrogens is 452 g/mol. The Bertz CT molecular complexity index is 1130. The van der Waals surface area contributed by atoms with Crippen LogP contribution in [0.3, 0.4) is 0 Å².